The number of halogens is 1. The summed E-state index contributed by atoms with van der Waals surface area (Å²) < 4.78 is 15.2. The van der Waals surface area contributed by atoms with Gasteiger partial charge in [-0.2, -0.15) is 0 Å². The van der Waals surface area contributed by atoms with Crippen LogP contribution in [0.3, 0.4) is 0 Å². The van der Waals surface area contributed by atoms with E-state index in [-0.39, 0.29) is 17.4 Å². The third-order valence-electron chi connectivity index (χ3n) is 5.90. The minimum Gasteiger partial charge on any atom is -0.293 e. The molecule has 2 aliphatic rings. The van der Waals surface area contributed by atoms with E-state index < -0.39 is 0 Å². The van der Waals surface area contributed by atoms with E-state index in [2.05, 4.69) is 14.6 Å². The Balaban J connectivity index is 1.40. The first-order chi connectivity index (χ1) is 14.7. The Kier molecular flexibility index (Phi) is 4.38. The molecule has 30 heavy (non-hydrogen) atoms. The van der Waals surface area contributed by atoms with Gasteiger partial charge in [-0.25, -0.2) is 9.37 Å². The Morgan fingerprint density at radius 3 is 2.77 bits per heavy atom. The van der Waals surface area contributed by atoms with Gasteiger partial charge in [0, 0.05) is 16.4 Å². The molecule has 0 amide bonds. The minimum atomic E-state index is -0.342. The molecule has 0 aliphatic heterocycles. The highest BCUT2D eigenvalue weighted by molar-refractivity contribution is 7.99. The second-order valence-corrected chi connectivity index (χ2v) is 10.0. The smallest absolute Gasteiger partial charge is 0.197 e. The van der Waals surface area contributed by atoms with Gasteiger partial charge in [0.1, 0.15) is 16.5 Å². The van der Waals surface area contributed by atoms with Crippen molar-refractivity contribution >= 4 is 44.7 Å². The molecule has 4 aromatic rings. The van der Waals surface area contributed by atoms with Gasteiger partial charge in [-0.05, 0) is 68.4 Å². The first kappa shape index (κ1) is 18.4. The highest BCUT2D eigenvalue weighted by Crippen LogP contribution is 2.44. The van der Waals surface area contributed by atoms with E-state index in [0.29, 0.717) is 16.6 Å². The zero-order chi connectivity index (χ0) is 20.2. The van der Waals surface area contributed by atoms with Crippen molar-refractivity contribution in [1.82, 2.24) is 19.6 Å². The third-order valence-corrected chi connectivity index (χ3v) is 8.01. The number of carbonyl (C=O) groups is 1. The summed E-state index contributed by atoms with van der Waals surface area (Å²) >= 11 is 3.20. The Labute approximate surface area is 180 Å². The molecule has 2 aliphatic carbocycles. The number of rotatable bonds is 5. The zero-order valence-corrected chi connectivity index (χ0v) is 17.9. The summed E-state index contributed by atoms with van der Waals surface area (Å²) in [5.41, 5.74) is 2.79. The summed E-state index contributed by atoms with van der Waals surface area (Å²) in [6, 6.07) is 5.68. The van der Waals surface area contributed by atoms with Crippen molar-refractivity contribution in [1.29, 1.82) is 0 Å². The summed E-state index contributed by atoms with van der Waals surface area (Å²) in [5.74, 6) is 1.31. The molecule has 1 aromatic carbocycles. The molecular formula is C22H19FN4OS2. The third kappa shape index (κ3) is 3.04. The van der Waals surface area contributed by atoms with Crippen LogP contribution in [0.4, 0.5) is 4.39 Å². The average Bonchev–Trinajstić information content (AvgIpc) is 3.41. The lowest BCUT2D eigenvalue weighted by molar-refractivity contribution is 0.102. The number of thiophene rings is 1. The number of thioether (sulfide) groups is 1. The van der Waals surface area contributed by atoms with Gasteiger partial charge in [-0.3, -0.25) is 9.20 Å². The van der Waals surface area contributed by atoms with E-state index in [9.17, 15) is 9.18 Å². The van der Waals surface area contributed by atoms with E-state index in [1.165, 1.54) is 59.3 Å². The molecule has 152 valence electrons. The molecule has 0 atom stereocenters. The fourth-order valence-corrected chi connectivity index (χ4v) is 6.31. The lowest BCUT2D eigenvalue weighted by atomic mass is 9.97. The molecule has 8 heteroatoms. The molecule has 3 aromatic heterocycles. The van der Waals surface area contributed by atoms with Crippen molar-refractivity contribution in [3.05, 3.63) is 51.9 Å². The molecule has 6 rings (SSSR count). The first-order valence-electron chi connectivity index (χ1n) is 10.3. The van der Waals surface area contributed by atoms with Gasteiger partial charge in [-0.15, -0.1) is 21.5 Å². The molecule has 0 radical (unpaired) electrons. The Bertz CT molecular complexity index is 1290. The summed E-state index contributed by atoms with van der Waals surface area (Å²) in [6.07, 6.45) is 6.92. The standard InChI is InChI=1S/C22H19FN4OS2/c23-14-9-7-12(8-10-14)16(28)11-29-22-26-25-20-18-15-3-1-2-4-17(15)30-21(18)24-19(27(20)22)13-5-6-13/h7-10,13H,1-6,11H2. The predicted octanol–water partition coefficient (Wildman–Crippen LogP) is 5.21. The van der Waals surface area contributed by atoms with Crippen LogP contribution >= 0.6 is 23.1 Å². The number of hydrogen-bond donors (Lipinski definition) is 0. The zero-order valence-electron chi connectivity index (χ0n) is 16.2. The van der Waals surface area contributed by atoms with Crippen molar-refractivity contribution in [2.24, 2.45) is 0 Å². The summed E-state index contributed by atoms with van der Waals surface area (Å²) in [6.45, 7) is 0. The highest BCUT2D eigenvalue weighted by atomic mass is 32.2. The molecule has 5 nitrogen and oxygen atoms in total. The molecular weight excluding hydrogens is 419 g/mol. The fraction of sp³-hybridized carbons (Fsp3) is 0.364. The lowest BCUT2D eigenvalue weighted by Gasteiger charge is -2.11. The monoisotopic (exact) mass is 438 g/mol. The molecule has 3 heterocycles. The maximum absolute atomic E-state index is 13.1. The van der Waals surface area contributed by atoms with Gasteiger partial charge in [-0.1, -0.05) is 11.8 Å². The quantitative estimate of drug-likeness (QED) is 0.316. The SMILES string of the molecule is O=C(CSc1nnc2c3c4c(sc3nc(C3CC3)n12)CCCC4)c1ccc(F)cc1. The van der Waals surface area contributed by atoms with E-state index >= 15 is 0 Å². The maximum atomic E-state index is 13.1. The van der Waals surface area contributed by atoms with Crippen LogP contribution in [0.1, 0.15) is 58.2 Å². The number of aryl methyl sites for hydroxylation is 2. The maximum Gasteiger partial charge on any atom is 0.197 e. The van der Waals surface area contributed by atoms with Crippen molar-refractivity contribution in [2.45, 2.75) is 49.6 Å². The van der Waals surface area contributed by atoms with Crippen LogP contribution < -0.4 is 0 Å². The van der Waals surface area contributed by atoms with E-state index in [1.807, 2.05) is 11.3 Å². The molecule has 0 saturated heterocycles. The van der Waals surface area contributed by atoms with Gasteiger partial charge in [0.2, 0.25) is 0 Å². The first-order valence-corrected chi connectivity index (χ1v) is 12.1. The fourth-order valence-electron chi connectivity index (χ4n) is 4.21. The Hall–Kier alpha value is -2.32. The lowest BCUT2D eigenvalue weighted by Crippen LogP contribution is -2.05. The van der Waals surface area contributed by atoms with Crippen molar-refractivity contribution < 1.29 is 9.18 Å². The minimum absolute atomic E-state index is 0.0494. The van der Waals surface area contributed by atoms with Gasteiger partial charge >= 0.3 is 0 Å². The molecule has 1 saturated carbocycles. The van der Waals surface area contributed by atoms with Crippen LogP contribution in [0.2, 0.25) is 0 Å². The van der Waals surface area contributed by atoms with Crippen LogP contribution in [0.25, 0.3) is 15.9 Å². The van der Waals surface area contributed by atoms with Crippen LogP contribution in [-0.4, -0.2) is 31.1 Å². The van der Waals surface area contributed by atoms with E-state index in [4.69, 9.17) is 4.98 Å². The number of Topliss-reactive ketones (excluding diaryl/α,β-unsaturated/α-hetero) is 1. The Morgan fingerprint density at radius 2 is 1.97 bits per heavy atom. The topological polar surface area (TPSA) is 60.2 Å². The Morgan fingerprint density at radius 1 is 1.17 bits per heavy atom. The van der Waals surface area contributed by atoms with Crippen molar-refractivity contribution in [2.75, 3.05) is 5.75 Å². The second-order valence-electron chi connectivity index (χ2n) is 8.00. The van der Waals surface area contributed by atoms with Gasteiger partial charge in [0.05, 0.1) is 11.1 Å². The van der Waals surface area contributed by atoms with E-state index in [0.717, 1.165) is 47.4 Å². The molecule has 0 unspecified atom stereocenters. The second kappa shape index (κ2) is 7.13. The molecule has 1 fully saturated rings. The largest absolute Gasteiger partial charge is 0.293 e. The van der Waals surface area contributed by atoms with Crippen LogP contribution in [0.15, 0.2) is 29.4 Å². The predicted molar refractivity (Wildman–Crippen MR) is 116 cm³/mol. The number of nitrogens with zero attached hydrogens (tertiary/aromatic N) is 4. The van der Waals surface area contributed by atoms with Crippen molar-refractivity contribution in [3.8, 4) is 0 Å². The van der Waals surface area contributed by atoms with Crippen molar-refractivity contribution in [3.63, 3.8) is 0 Å². The number of hydrogen-bond acceptors (Lipinski definition) is 6. The van der Waals surface area contributed by atoms with Gasteiger partial charge in [0.15, 0.2) is 16.6 Å². The number of fused-ring (bicyclic) bond motifs is 5. The number of ketones is 1. The normalized spacial score (nSPS) is 16.3. The summed E-state index contributed by atoms with van der Waals surface area (Å²) in [7, 11) is 0. The van der Waals surface area contributed by atoms with E-state index in [1.54, 1.807) is 0 Å². The number of carbonyl (C=O) groups excluding carboxylic acids is 1. The van der Waals surface area contributed by atoms with Crippen LogP contribution in [0.5, 0.6) is 0 Å². The van der Waals surface area contributed by atoms with Gasteiger partial charge in [0.25, 0.3) is 0 Å². The van der Waals surface area contributed by atoms with Crippen LogP contribution in [-0.2, 0) is 12.8 Å². The van der Waals surface area contributed by atoms with Crippen LogP contribution in [0, 0.1) is 5.82 Å². The number of aromatic nitrogens is 4. The highest BCUT2D eigenvalue weighted by Gasteiger charge is 2.32. The number of benzene rings is 1. The summed E-state index contributed by atoms with van der Waals surface area (Å²) in [5, 5.41) is 10.9. The average molecular weight is 439 g/mol. The molecule has 0 spiro atoms. The van der Waals surface area contributed by atoms with Gasteiger partial charge < -0.3 is 0 Å². The summed E-state index contributed by atoms with van der Waals surface area (Å²) in [4.78, 5) is 20.2. The molecule has 0 N–H and O–H groups in total. The molecule has 0 bridgehead atoms.